The summed E-state index contributed by atoms with van der Waals surface area (Å²) >= 11 is 7.23. The van der Waals surface area contributed by atoms with Crippen molar-refractivity contribution in [2.75, 3.05) is 0 Å². The second-order valence-electron chi connectivity index (χ2n) is 6.96. The summed E-state index contributed by atoms with van der Waals surface area (Å²) in [6.45, 7) is 1.73. The highest BCUT2D eigenvalue weighted by Gasteiger charge is 2.36. The summed E-state index contributed by atoms with van der Waals surface area (Å²) in [5.74, 6) is -1.10. The minimum Gasteiger partial charge on any atom is -0.402 e. The van der Waals surface area contributed by atoms with Crippen LogP contribution in [0.4, 0.5) is 13.2 Å². The largest absolute Gasteiger partial charge is 0.417 e. The van der Waals surface area contributed by atoms with Crippen molar-refractivity contribution < 1.29 is 22.7 Å². The molecule has 1 aromatic heterocycles. The summed E-state index contributed by atoms with van der Waals surface area (Å²) in [4.78, 5) is 14.2. The van der Waals surface area contributed by atoms with Crippen LogP contribution < -0.4 is 4.74 Å². The number of ether oxygens (including phenoxy) is 1. The number of aryl methyl sites for hydroxylation is 1. The molecule has 0 unspecified atom stereocenters. The van der Waals surface area contributed by atoms with Crippen molar-refractivity contribution in [2.45, 2.75) is 22.9 Å². The monoisotopic (exact) mass is 488 g/mol. The first-order valence-electron chi connectivity index (χ1n) is 9.71. The van der Waals surface area contributed by atoms with E-state index < -0.39 is 23.3 Å². The Morgan fingerprint density at radius 3 is 2.27 bits per heavy atom. The van der Waals surface area contributed by atoms with E-state index in [-0.39, 0.29) is 5.88 Å². The molecule has 0 aliphatic rings. The average molecular weight is 489 g/mol. The smallest absolute Gasteiger partial charge is 0.402 e. The summed E-state index contributed by atoms with van der Waals surface area (Å²) in [6.07, 6.45) is -4.70. The van der Waals surface area contributed by atoms with Crippen molar-refractivity contribution in [3.63, 3.8) is 0 Å². The lowest BCUT2D eigenvalue weighted by Gasteiger charge is -2.14. The Morgan fingerprint density at radius 2 is 1.61 bits per heavy atom. The molecule has 33 heavy (non-hydrogen) atoms. The van der Waals surface area contributed by atoms with Crippen LogP contribution in [0.5, 0.6) is 5.88 Å². The molecule has 0 atom stereocenters. The predicted molar refractivity (Wildman–Crippen MR) is 120 cm³/mol. The first kappa shape index (κ1) is 22.9. The zero-order chi connectivity index (χ0) is 23.6. The highest BCUT2D eigenvalue weighted by atomic mass is 35.5. The Labute approximate surface area is 197 Å². The summed E-state index contributed by atoms with van der Waals surface area (Å²) in [5.41, 5.74) is -0.503. The molecule has 0 N–H and O–H groups in total. The van der Waals surface area contributed by atoms with E-state index in [1.807, 2.05) is 6.07 Å². The van der Waals surface area contributed by atoms with Crippen LogP contribution in [0.3, 0.4) is 0 Å². The second kappa shape index (κ2) is 9.33. The predicted octanol–water partition coefficient (Wildman–Crippen LogP) is 7.22. The van der Waals surface area contributed by atoms with Crippen molar-refractivity contribution in [1.29, 1.82) is 0 Å². The maximum Gasteiger partial charge on any atom is 0.417 e. The van der Waals surface area contributed by atoms with Crippen molar-refractivity contribution in [3.05, 3.63) is 101 Å². The Balaban J connectivity index is 1.79. The number of benzene rings is 3. The van der Waals surface area contributed by atoms with Crippen LogP contribution in [0.25, 0.3) is 5.69 Å². The Morgan fingerprint density at radius 1 is 0.970 bits per heavy atom. The van der Waals surface area contributed by atoms with Gasteiger partial charge in [0, 0.05) is 9.92 Å². The van der Waals surface area contributed by atoms with Crippen LogP contribution in [0.2, 0.25) is 5.02 Å². The van der Waals surface area contributed by atoms with Crippen molar-refractivity contribution in [3.8, 4) is 11.6 Å². The van der Waals surface area contributed by atoms with E-state index in [1.54, 1.807) is 55.5 Å². The third-order valence-electron chi connectivity index (χ3n) is 4.64. The fraction of sp³-hybridized carbons (Fsp3) is 0.0833. The van der Waals surface area contributed by atoms with Gasteiger partial charge < -0.3 is 4.74 Å². The van der Waals surface area contributed by atoms with Gasteiger partial charge in [0.15, 0.2) is 0 Å². The number of carbonyl (C=O) groups is 1. The van der Waals surface area contributed by atoms with Crippen LogP contribution in [0.15, 0.2) is 88.7 Å². The summed E-state index contributed by atoms with van der Waals surface area (Å²) < 4.78 is 47.4. The van der Waals surface area contributed by atoms with E-state index in [9.17, 15) is 18.0 Å². The summed E-state index contributed by atoms with van der Waals surface area (Å²) in [6, 6.07) is 20.4. The molecule has 0 aliphatic heterocycles. The molecule has 9 heteroatoms. The summed E-state index contributed by atoms with van der Waals surface area (Å²) in [5, 5.41) is 5.04. The minimum atomic E-state index is -4.70. The van der Waals surface area contributed by atoms with E-state index >= 15 is 0 Å². The molecule has 0 fully saturated rings. The molecule has 3 aromatic carbocycles. The van der Waals surface area contributed by atoms with Crippen molar-refractivity contribution in [2.24, 2.45) is 0 Å². The maximum atomic E-state index is 13.5. The zero-order valence-corrected chi connectivity index (χ0v) is 18.7. The Hall–Kier alpha value is -3.23. The fourth-order valence-corrected chi connectivity index (χ4v) is 4.15. The number of halogens is 4. The Kier molecular flexibility index (Phi) is 6.49. The van der Waals surface area contributed by atoms with Crippen molar-refractivity contribution in [1.82, 2.24) is 9.78 Å². The average Bonchev–Trinajstić information content (AvgIpc) is 3.10. The number of nitrogens with zero attached hydrogens (tertiary/aromatic N) is 2. The standard InChI is InChI=1S/C24H16ClF3N2O2S/c1-15-21(33-18-13-11-16(25)12-14-18)22(30(29-15)17-7-3-2-4-8-17)32-23(31)19-9-5-6-10-20(19)24(26,27)28/h2-14H,1H3. The lowest BCUT2D eigenvalue weighted by Crippen LogP contribution is -2.18. The molecule has 168 valence electrons. The lowest BCUT2D eigenvalue weighted by atomic mass is 10.1. The highest BCUT2D eigenvalue weighted by molar-refractivity contribution is 7.99. The molecule has 4 nitrogen and oxygen atoms in total. The Bertz CT molecular complexity index is 1290. The molecule has 4 rings (SSSR count). The van der Waals surface area contributed by atoms with Gasteiger partial charge in [-0.15, -0.1) is 0 Å². The van der Waals surface area contributed by atoms with Gasteiger partial charge in [0.2, 0.25) is 5.88 Å². The van der Waals surface area contributed by atoms with Crippen molar-refractivity contribution >= 4 is 29.3 Å². The van der Waals surface area contributed by atoms with Crippen LogP contribution in [0, 0.1) is 6.92 Å². The minimum absolute atomic E-state index is 0.0284. The third-order valence-corrected chi connectivity index (χ3v) is 6.08. The highest BCUT2D eigenvalue weighted by Crippen LogP contribution is 2.40. The number of carbonyl (C=O) groups excluding carboxylic acids is 1. The van der Waals surface area contributed by atoms with Gasteiger partial charge in [-0.2, -0.15) is 23.0 Å². The van der Waals surface area contributed by atoms with E-state index in [4.69, 9.17) is 16.3 Å². The van der Waals surface area contributed by atoms with Crippen LogP contribution in [-0.2, 0) is 6.18 Å². The number of hydrogen-bond donors (Lipinski definition) is 0. The van der Waals surface area contributed by atoms with Gasteiger partial charge in [-0.25, -0.2) is 4.79 Å². The molecule has 4 aromatic rings. The second-order valence-corrected chi connectivity index (χ2v) is 8.48. The molecule has 0 radical (unpaired) electrons. The van der Waals surface area contributed by atoms with Gasteiger partial charge in [-0.1, -0.05) is 53.7 Å². The number of esters is 1. The molecule has 0 bridgehead atoms. The number of hydrogen-bond acceptors (Lipinski definition) is 4. The normalized spacial score (nSPS) is 11.4. The number of rotatable bonds is 5. The van der Waals surface area contributed by atoms with E-state index in [0.29, 0.717) is 21.3 Å². The maximum absolute atomic E-state index is 13.5. The molecule has 1 heterocycles. The number of aromatic nitrogens is 2. The SMILES string of the molecule is Cc1nn(-c2ccccc2)c(OC(=O)c2ccccc2C(F)(F)F)c1Sc1ccc(Cl)cc1. The van der Waals surface area contributed by atoms with E-state index in [1.165, 1.54) is 28.6 Å². The summed E-state index contributed by atoms with van der Waals surface area (Å²) in [7, 11) is 0. The first-order chi connectivity index (χ1) is 15.7. The zero-order valence-electron chi connectivity index (χ0n) is 17.1. The lowest BCUT2D eigenvalue weighted by molar-refractivity contribution is -0.138. The van der Waals surface area contributed by atoms with Gasteiger partial charge >= 0.3 is 12.1 Å². The van der Waals surface area contributed by atoms with Crippen LogP contribution in [-0.4, -0.2) is 15.7 Å². The number of alkyl halides is 3. The van der Waals surface area contributed by atoms with Gasteiger partial charge in [0.1, 0.15) is 0 Å². The molecule has 0 amide bonds. The van der Waals surface area contributed by atoms with E-state index in [0.717, 1.165) is 17.0 Å². The molecule has 0 spiro atoms. The van der Waals surface area contributed by atoms with Gasteiger partial charge in [-0.05, 0) is 55.5 Å². The van der Waals surface area contributed by atoms with E-state index in [2.05, 4.69) is 5.10 Å². The van der Waals surface area contributed by atoms with Crippen LogP contribution in [0.1, 0.15) is 21.6 Å². The molecular formula is C24H16ClF3N2O2S. The molecular weight excluding hydrogens is 473 g/mol. The first-order valence-corrected chi connectivity index (χ1v) is 10.9. The topological polar surface area (TPSA) is 44.1 Å². The fourth-order valence-electron chi connectivity index (χ4n) is 3.11. The third kappa shape index (κ3) is 5.07. The van der Waals surface area contributed by atoms with Crippen LogP contribution >= 0.6 is 23.4 Å². The quantitative estimate of drug-likeness (QED) is 0.278. The molecule has 0 saturated heterocycles. The van der Waals surface area contributed by atoms with Gasteiger partial charge in [0.05, 0.1) is 27.4 Å². The molecule has 0 saturated carbocycles. The van der Waals surface area contributed by atoms with Gasteiger partial charge in [-0.3, -0.25) is 0 Å². The number of para-hydroxylation sites is 1. The molecule has 0 aliphatic carbocycles. The van der Waals surface area contributed by atoms with Gasteiger partial charge in [0.25, 0.3) is 0 Å².